The number of carbonyl (C=O) groups excluding carboxylic acids is 1. The second-order valence-corrected chi connectivity index (χ2v) is 8.71. The van der Waals surface area contributed by atoms with Gasteiger partial charge in [-0.05, 0) is 37.5 Å². The third kappa shape index (κ3) is 9.18. The fourth-order valence-electron chi connectivity index (χ4n) is 2.84. The third-order valence-electron chi connectivity index (χ3n) is 4.15. The summed E-state index contributed by atoms with van der Waals surface area (Å²) in [5, 5.41) is 8.99. The molecule has 2 rings (SSSR count). The first-order valence-corrected chi connectivity index (χ1v) is 11.0. The molecular weight excluding hydrogens is 498 g/mol. The van der Waals surface area contributed by atoms with Crippen LogP contribution < -0.4 is 16.0 Å². The number of rotatable bonds is 8. The molecule has 1 fully saturated rings. The molecule has 1 aliphatic rings. The molecule has 7 nitrogen and oxygen atoms in total. The van der Waals surface area contributed by atoms with Gasteiger partial charge in [0, 0.05) is 25.6 Å². The SMILES string of the molecule is CCNC(=NCCC(=O)NC1CCS(=O)(=O)C1)NCCc1cccc(F)c1.I. The van der Waals surface area contributed by atoms with Crippen LogP contribution in [0.3, 0.4) is 0 Å². The van der Waals surface area contributed by atoms with E-state index in [1.165, 1.54) is 12.1 Å². The predicted molar refractivity (Wildman–Crippen MR) is 119 cm³/mol. The maximum atomic E-state index is 13.2. The lowest BCUT2D eigenvalue weighted by Crippen LogP contribution is -2.39. The van der Waals surface area contributed by atoms with E-state index in [0.29, 0.717) is 38.4 Å². The topological polar surface area (TPSA) is 99.7 Å². The van der Waals surface area contributed by atoms with Crippen LogP contribution in [0.5, 0.6) is 0 Å². The number of aliphatic imine (C=N–C) groups is 1. The Bertz CT molecular complexity index is 774. The highest BCUT2D eigenvalue weighted by Gasteiger charge is 2.28. The molecule has 1 aromatic carbocycles. The summed E-state index contributed by atoms with van der Waals surface area (Å²) in [4.78, 5) is 16.3. The summed E-state index contributed by atoms with van der Waals surface area (Å²) in [5.41, 5.74) is 0.893. The zero-order chi connectivity index (χ0) is 19.7. The van der Waals surface area contributed by atoms with Crippen molar-refractivity contribution in [1.29, 1.82) is 0 Å². The van der Waals surface area contributed by atoms with Crippen LogP contribution in [0, 0.1) is 5.82 Å². The van der Waals surface area contributed by atoms with E-state index in [9.17, 15) is 17.6 Å². The van der Waals surface area contributed by atoms with E-state index < -0.39 is 9.84 Å². The van der Waals surface area contributed by atoms with Crippen molar-refractivity contribution in [2.45, 2.75) is 32.2 Å². The Kier molecular flexibility index (Phi) is 10.7. The molecule has 0 aromatic heterocycles. The summed E-state index contributed by atoms with van der Waals surface area (Å²) < 4.78 is 36.0. The zero-order valence-electron chi connectivity index (χ0n) is 15.9. The molecule has 0 saturated carbocycles. The summed E-state index contributed by atoms with van der Waals surface area (Å²) in [6.07, 6.45) is 1.32. The van der Waals surface area contributed by atoms with Crippen LogP contribution in [0.15, 0.2) is 29.3 Å². The van der Waals surface area contributed by atoms with Crippen molar-refractivity contribution >= 4 is 45.7 Å². The Morgan fingerprint density at radius 3 is 2.75 bits per heavy atom. The van der Waals surface area contributed by atoms with E-state index in [-0.39, 0.29) is 59.7 Å². The van der Waals surface area contributed by atoms with Gasteiger partial charge >= 0.3 is 0 Å². The molecule has 1 heterocycles. The molecule has 1 unspecified atom stereocenters. The second-order valence-electron chi connectivity index (χ2n) is 6.48. The number of benzene rings is 1. The van der Waals surface area contributed by atoms with Gasteiger partial charge in [0.05, 0.1) is 18.1 Å². The van der Waals surface area contributed by atoms with Crippen molar-refractivity contribution in [2.24, 2.45) is 4.99 Å². The summed E-state index contributed by atoms with van der Waals surface area (Å²) >= 11 is 0. The molecule has 0 aliphatic carbocycles. The molecular formula is C18H28FIN4O3S. The van der Waals surface area contributed by atoms with Crippen LogP contribution in [-0.2, 0) is 21.1 Å². The number of carbonyl (C=O) groups is 1. The molecule has 0 spiro atoms. The fourth-order valence-corrected chi connectivity index (χ4v) is 4.51. The van der Waals surface area contributed by atoms with Gasteiger partial charge in [0.1, 0.15) is 5.82 Å². The van der Waals surface area contributed by atoms with Gasteiger partial charge in [-0.3, -0.25) is 9.79 Å². The van der Waals surface area contributed by atoms with Gasteiger partial charge in [-0.1, -0.05) is 12.1 Å². The zero-order valence-corrected chi connectivity index (χ0v) is 19.1. The van der Waals surface area contributed by atoms with Crippen molar-refractivity contribution in [3.8, 4) is 0 Å². The minimum atomic E-state index is -3.00. The van der Waals surface area contributed by atoms with Crippen LogP contribution in [-0.4, -0.2) is 57.5 Å². The Balaban J connectivity index is 0.00000392. The fraction of sp³-hybridized carbons (Fsp3) is 0.556. The van der Waals surface area contributed by atoms with Crippen LogP contribution in [0.25, 0.3) is 0 Å². The molecule has 28 heavy (non-hydrogen) atoms. The Labute approximate surface area is 182 Å². The largest absolute Gasteiger partial charge is 0.357 e. The number of sulfone groups is 1. The number of guanidine groups is 1. The summed E-state index contributed by atoms with van der Waals surface area (Å²) in [7, 11) is -3.00. The van der Waals surface area contributed by atoms with Crippen LogP contribution in [0.4, 0.5) is 4.39 Å². The lowest BCUT2D eigenvalue weighted by Gasteiger charge is -2.12. The maximum absolute atomic E-state index is 13.2. The summed E-state index contributed by atoms with van der Waals surface area (Å²) in [5.74, 6) is 0.290. The molecule has 3 N–H and O–H groups in total. The van der Waals surface area contributed by atoms with Crippen molar-refractivity contribution < 1.29 is 17.6 Å². The summed E-state index contributed by atoms with van der Waals surface area (Å²) in [6.45, 7) is 3.50. The Morgan fingerprint density at radius 1 is 1.32 bits per heavy atom. The van der Waals surface area contributed by atoms with Crippen LogP contribution >= 0.6 is 24.0 Å². The van der Waals surface area contributed by atoms with Gasteiger partial charge in [0.2, 0.25) is 5.91 Å². The van der Waals surface area contributed by atoms with Gasteiger partial charge < -0.3 is 16.0 Å². The molecule has 1 saturated heterocycles. The minimum absolute atomic E-state index is 0. The average Bonchev–Trinajstić information content (AvgIpc) is 2.93. The van der Waals surface area contributed by atoms with E-state index in [1.807, 2.05) is 13.0 Å². The first-order chi connectivity index (χ1) is 12.9. The van der Waals surface area contributed by atoms with Gasteiger partial charge in [0.15, 0.2) is 15.8 Å². The monoisotopic (exact) mass is 526 g/mol. The van der Waals surface area contributed by atoms with Crippen molar-refractivity contribution in [3.05, 3.63) is 35.6 Å². The molecule has 1 atom stereocenters. The lowest BCUT2D eigenvalue weighted by atomic mass is 10.1. The van der Waals surface area contributed by atoms with Gasteiger partial charge in [0.25, 0.3) is 0 Å². The number of hydrogen-bond donors (Lipinski definition) is 3. The summed E-state index contributed by atoms with van der Waals surface area (Å²) in [6, 6.07) is 6.16. The first kappa shape index (κ1) is 24.6. The van der Waals surface area contributed by atoms with Crippen LogP contribution in [0.1, 0.15) is 25.3 Å². The van der Waals surface area contributed by atoms with Gasteiger partial charge in [-0.2, -0.15) is 0 Å². The molecule has 1 aromatic rings. The quantitative estimate of drug-likeness (QED) is 0.269. The third-order valence-corrected chi connectivity index (χ3v) is 5.91. The predicted octanol–water partition coefficient (Wildman–Crippen LogP) is 1.23. The molecule has 10 heteroatoms. The van der Waals surface area contributed by atoms with Crippen molar-refractivity contribution in [2.75, 3.05) is 31.1 Å². The first-order valence-electron chi connectivity index (χ1n) is 9.14. The van der Waals surface area contributed by atoms with Crippen molar-refractivity contribution in [3.63, 3.8) is 0 Å². The standard InChI is InChI=1S/C18H27FN4O3S.HI/c1-2-20-18(21-9-6-14-4-3-5-15(19)12-14)22-10-7-17(24)23-16-8-11-27(25,26)13-16;/h3-5,12,16H,2,6-11,13H2,1H3,(H,23,24)(H2,20,21,22);1H. The molecule has 1 amide bonds. The Morgan fingerprint density at radius 2 is 2.11 bits per heavy atom. The normalized spacial score (nSPS) is 18.2. The highest BCUT2D eigenvalue weighted by molar-refractivity contribution is 14.0. The van der Waals surface area contributed by atoms with E-state index in [1.54, 1.807) is 6.07 Å². The van der Waals surface area contributed by atoms with E-state index in [2.05, 4.69) is 20.9 Å². The second kappa shape index (κ2) is 12.2. The smallest absolute Gasteiger partial charge is 0.222 e. The molecule has 1 aliphatic heterocycles. The highest BCUT2D eigenvalue weighted by Crippen LogP contribution is 2.11. The number of nitrogens with one attached hydrogen (secondary N) is 3. The molecule has 158 valence electrons. The minimum Gasteiger partial charge on any atom is -0.357 e. The van der Waals surface area contributed by atoms with Crippen LogP contribution in [0.2, 0.25) is 0 Å². The Hall–Kier alpha value is -1.43. The highest BCUT2D eigenvalue weighted by atomic mass is 127. The lowest BCUT2D eigenvalue weighted by molar-refractivity contribution is -0.121. The number of hydrogen-bond acceptors (Lipinski definition) is 4. The molecule has 0 radical (unpaired) electrons. The average molecular weight is 526 g/mol. The van der Waals surface area contributed by atoms with Crippen molar-refractivity contribution in [1.82, 2.24) is 16.0 Å². The molecule has 0 bridgehead atoms. The van der Waals surface area contributed by atoms with E-state index >= 15 is 0 Å². The van der Waals surface area contributed by atoms with E-state index in [0.717, 1.165) is 5.56 Å². The van der Waals surface area contributed by atoms with Gasteiger partial charge in [-0.15, -0.1) is 24.0 Å². The maximum Gasteiger partial charge on any atom is 0.222 e. The number of nitrogens with zero attached hydrogens (tertiary/aromatic N) is 1. The van der Waals surface area contributed by atoms with Gasteiger partial charge in [-0.25, -0.2) is 12.8 Å². The number of halogens is 2. The number of amides is 1. The van der Waals surface area contributed by atoms with E-state index in [4.69, 9.17) is 0 Å².